The van der Waals surface area contributed by atoms with Crippen LogP contribution in [-0.4, -0.2) is 25.0 Å². The van der Waals surface area contributed by atoms with Gasteiger partial charge in [0.05, 0.1) is 10.5 Å². The summed E-state index contributed by atoms with van der Waals surface area (Å²) in [7, 11) is -4.17. The number of rotatable bonds is 5. The minimum absolute atomic E-state index is 0.277. The molecule has 1 atom stereocenters. The molecule has 2 N–H and O–H groups in total. The Morgan fingerprint density at radius 1 is 1.52 bits per heavy atom. The smallest absolute Gasteiger partial charge is 0.324 e. The number of hydrogen-bond acceptors (Lipinski definition) is 4. The largest absolute Gasteiger partial charge is 0.480 e. The van der Waals surface area contributed by atoms with E-state index in [0.717, 1.165) is 18.2 Å². The number of carboxylic acids is 1. The molecular weight excluding hydrogens is 299 g/mol. The fourth-order valence-corrected chi connectivity index (χ4v) is 3.51. The lowest BCUT2D eigenvalue weighted by Crippen LogP contribution is -2.53. The molecule has 1 aliphatic rings. The van der Waals surface area contributed by atoms with Crippen molar-refractivity contribution in [1.82, 2.24) is 4.72 Å². The van der Waals surface area contributed by atoms with Gasteiger partial charge in [-0.3, -0.25) is 4.79 Å². The van der Waals surface area contributed by atoms with Crippen molar-refractivity contribution >= 4 is 16.0 Å². The molecular formula is C13H13FN2O4S. The van der Waals surface area contributed by atoms with Crippen LogP contribution >= 0.6 is 0 Å². The SMILES string of the molecule is CC(NS(=O)(=O)c1ccc(F)c(C#N)c1)(C(=O)O)C1CC1. The molecule has 1 fully saturated rings. The molecule has 0 saturated heterocycles. The molecule has 0 aliphatic heterocycles. The normalized spacial score (nSPS) is 17.8. The maximum Gasteiger partial charge on any atom is 0.324 e. The summed E-state index contributed by atoms with van der Waals surface area (Å²) in [5.41, 5.74) is -2.03. The van der Waals surface area contributed by atoms with E-state index in [9.17, 15) is 22.7 Å². The number of halogens is 1. The number of hydrogen-bond donors (Lipinski definition) is 2. The molecule has 1 aromatic rings. The Balaban J connectivity index is 2.39. The molecule has 0 amide bonds. The molecule has 6 nitrogen and oxygen atoms in total. The minimum atomic E-state index is -4.17. The van der Waals surface area contributed by atoms with Crippen molar-refractivity contribution in [2.45, 2.75) is 30.2 Å². The molecule has 0 aromatic heterocycles. The lowest BCUT2D eigenvalue weighted by molar-refractivity contribution is -0.144. The van der Waals surface area contributed by atoms with Crippen LogP contribution in [0.25, 0.3) is 0 Å². The molecule has 0 heterocycles. The first-order valence-corrected chi connectivity index (χ1v) is 7.66. The van der Waals surface area contributed by atoms with Crippen LogP contribution in [0.2, 0.25) is 0 Å². The molecule has 8 heteroatoms. The fourth-order valence-electron chi connectivity index (χ4n) is 2.06. The summed E-state index contributed by atoms with van der Waals surface area (Å²) in [5, 5.41) is 18.0. The number of sulfonamides is 1. The van der Waals surface area contributed by atoms with Crippen molar-refractivity contribution in [3.8, 4) is 6.07 Å². The summed E-state index contributed by atoms with van der Waals surface area (Å²) in [6.07, 6.45) is 1.25. The van der Waals surface area contributed by atoms with E-state index in [-0.39, 0.29) is 10.8 Å². The Hall–Kier alpha value is -1.98. The van der Waals surface area contributed by atoms with Crippen LogP contribution in [0.5, 0.6) is 0 Å². The third-order valence-corrected chi connectivity index (χ3v) is 5.12. The van der Waals surface area contributed by atoms with Gasteiger partial charge < -0.3 is 5.11 Å². The van der Waals surface area contributed by atoms with Gasteiger partial charge in [-0.25, -0.2) is 12.8 Å². The van der Waals surface area contributed by atoms with E-state index < -0.39 is 32.9 Å². The van der Waals surface area contributed by atoms with Crippen LogP contribution in [0.15, 0.2) is 23.1 Å². The van der Waals surface area contributed by atoms with E-state index in [1.807, 2.05) is 0 Å². The summed E-state index contributed by atoms with van der Waals surface area (Å²) in [4.78, 5) is 11.0. The molecule has 0 bridgehead atoms. The van der Waals surface area contributed by atoms with E-state index in [2.05, 4.69) is 4.72 Å². The number of aliphatic carboxylic acids is 1. The molecule has 0 spiro atoms. The molecule has 2 rings (SSSR count). The van der Waals surface area contributed by atoms with E-state index >= 15 is 0 Å². The van der Waals surface area contributed by atoms with Gasteiger partial charge in [0.2, 0.25) is 10.0 Å². The summed E-state index contributed by atoms with van der Waals surface area (Å²) < 4.78 is 39.9. The molecule has 1 aliphatic carbocycles. The highest BCUT2D eigenvalue weighted by Crippen LogP contribution is 2.40. The van der Waals surface area contributed by atoms with E-state index in [1.54, 1.807) is 6.07 Å². The van der Waals surface area contributed by atoms with E-state index in [4.69, 9.17) is 5.26 Å². The first-order chi connectivity index (χ1) is 9.70. The summed E-state index contributed by atoms with van der Waals surface area (Å²) in [6.45, 7) is 1.30. The number of benzene rings is 1. The number of nitrogens with one attached hydrogen (secondary N) is 1. The van der Waals surface area contributed by atoms with Crippen molar-refractivity contribution in [2.24, 2.45) is 5.92 Å². The van der Waals surface area contributed by atoms with Gasteiger partial charge in [-0.2, -0.15) is 9.98 Å². The van der Waals surface area contributed by atoms with Crippen molar-refractivity contribution in [3.63, 3.8) is 0 Å². The zero-order valence-electron chi connectivity index (χ0n) is 11.1. The molecule has 112 valence electrons. The lowest BCUT2D eigenvalue weighted by atomic mass is 9.98. The predicted molar refractivity (Wildman–Crippen MR) is 70.2 cm³/mol. The van der Waals surface area contributed by atoms with Gasteiger partial charge in [-0.15, -0.1) is 0 Å². The van der Waals surface area contributed by atoms with E-state index in [1.165, 1.54) is 6.92 Å². The van der Waals surface area contributed by atoms with Crippen LogP contribution in [0.3, 0.4) is 0 Å². The van der Waals surface area contributed by atoms with Crippen LogP contribution in [-0.2, 0) is 14.8 Å². The number of nitrogens with zero attached hydrogens (tertiary/aromatic N) is 1. The van der Waals surface area contributed by atoms with Crippen LogP contribution in [0.1, 0.15) is 25.3 Å². The Morgan fingerprint density at radius 3 is 2.62 bits per heavy atom. The average molecular weight is 312 g/mol. The monoisotopic (exact) mass is 312 g/mol. The first kappa shape index (κ1) is 15.4. The number of carbonyl (C=O) groups is 1. The van der Waals surface area contributed by atoms with Gasteiger partial charge in [0.15, 0.2) is 0 Å². The van der Waals surface area contributed by atoms with Crippen molar-refractivity contribution < 1.29 is 22.7 Å². The van der Waals surface area contributed by atoms with Gasteiger partial charge in [0.25, 0.3) is 0 Å². The Labute approximate surface area is 121 Å². The van der Waals surface area contributed by atoms with Crippen molar-refractivity contribution in [3.05, 3.63) is 29.6 Å². The Bertz CT molecular complexity index is 737. The highest BCUT2D eigenvalue weighted by Gasteiger charge is 2.50. The van der Waals surface area contributed by atoms with Crippen molar-refractivity contribution in [1.29, 1.82) is 5.26 Å². The quantitative estimate of drug-likeness (QED) is 0.850. The minimum Gasteiger partial charge on any atom is -0.480 e. The van der Waals surface area contributed by atoms with Gasteiger partial charge in [-0.1, -0.05) is 0 Å². The summed E-state index contributed by atoms with van der Waals surface area (Å²) in [6, 6.07) is 4.28. The summed E-state index contributed by atoms with van der Waals surface area (Å²) >= 11 is 0. The third kappa shape index (κ3) is 2.89. The molecule has 0 radical (unpaired) electrons. The lowest BCUT2D eigenvalue weighted by Gasteiger charge is -2.25. The zero-order valence-corrected chi connectivity index (χ0v) is 11.9. The van der Waals surface area contributed by atoms with Gasteiger partial charge in [0, 0.05) is 0 Å². The second-order valence-corrected chi connectivity index (χ2v) is 6.82. The highest BCUT2D eigenvalue weighted by molar-refractivity contribution is 7.89. The second kappa shape index (κ2) is 5.09. The van der Waals surface area contributed by atoms with Crippen LogP contribution < -0.4 is 4.72 Å². The second-order valence-electron chi connectivity index (χ2n) is 5.14. The van der Waals surface area contributed by atoms with Gasteiger partial charge in [0.1, 0.15) is 17.4 Å². The van der Waals surface area contributed by atoms with Gasteiger partial charge in [-0.05, 0) is 43.9 Å². The number of carboxylic acid groups (broad SMARTS) is 1. The topological polar surface area (TPSA) is 107 Å². The van der Waals surface area contributed by atoms with Gasteiger partial charge >= 0.3 is 5.97 Å². The maximum absolute atomic E-state index is 13.2. The number of nitriles is 1. The maximum atomic E-state index is 13.2. The third-order valence-electron chi connectivity index (χ3n) is 3.55. The van der Waals surface area contributed by atoms with Crippen LogP contribution in [0.4, 0.5) is 4.39 Å². The fraction of sp³-hybridized carbons (Fsp3) is 0.385. The zero-order chi connectivity index (χ0) is 15.8. The standard InChI is InChI=1S/C13H13FN2O4S/c1-13(12(17)18,9-2-3-9)16-21(19,20)10-4-5-11(14)8(6-10)7-15/h4-6,9,16H,2-3H2,1H3,(H,17,18). The van der Waals surface area contributed by atoms with Crippen molar-refractivity contribution in [2.75, 3.05) is 0 Å². The average Bonchev–Trinajstić information content (AvgIpc) is 3.22. The Morgan fingerprint density at radius 2 is 2.14 bits per heavy atom. The van der Waals surface area contributed by atoms with Crippen LogP contribution in [0, 0.1) is 23.1 Å². The highest BCUT2D eigenvalue weighted by atomic mass is 32.2. The Kier molecular flexibility index (Phi) is 3.74. The molecule has 21 heavy (non-hydrogen) atoms. The van der Waals surface area contributed by atoms with E-state index in [0.29, 0.717) is 12.8 Å². The molecule has 1 saturated carbocycles. The first-order valence-electron chi connectivity index (χ1n) is 6.18. The summed E-state index contributed by atoms with van der Waals surface area (Å²) in [5.74, 6) is -2.38. The molecule has 1 aromatic carbocycles. The predicted octanol–water partition coefficient (Wildman–Crippen LogP) is 1.23. The molecule has 1 unspecified atom stereocenters.